The Morgan fingerprint density at radius 1 is 1.12 bits per heavy atom. The minimum absolute atomic E-state index is 0.199. The minimum Gasteiger partial charge on any atom is -0.467 e. The number of nitrogens with zero attached hydrogens (tertiary/aromatic N) is 3. The number of furan rings is 1. The summed E-state index contributed by atoms with van der Waals surface area (Å²) in [4.78, 5) is 12.7. The van der Waals surface area contributed by atoms with Crippen molar-refractivity contribution in [1.82, 2.24) is 14.6 Å². The van der Waals surface area contributed by atoms with Crippen molar-refractivity contribution in [1.29, 1.82) is 0 Å². The van der Waals surface area contributed by atoms with Crippen molar-refractivity contribution in [2.24, 2.45) is 0 Å². The van der Waals surface area contributed by atoms with Crippen LogP contribution in [0.2, 0.25) is 0 Å². The summed E-state index contributed by atoms with van der Waals surface area (Å²) in [5.41, 5.74) is 2.68. The van der Waals surface area contributed by atoms with Gasteiger partial charge >= 0.3 is 0 Å². The molecule has 1 aromatic carbocycles. The Bertz CT molecular complexity index is 1010. The third-order valence-electron chi connectivity index (χ3n) is 3.75. The van der Waals surface area contributed by atoms with Crippen molar-refractivity contribution in [3.05, 3.63) is 78.6 Å². The summed E-state index contributed by atoms with van der Waals surface area (Å²) in [7, 11) is 0. The average Bonchev–Trinajstić information content (AvgIpc) is 3.31. The van der Waals surface area contributed by atoms with Gasteiger partial charge in [0.25, 0.3) is 5.91 Å². The second-order valence-corrected chi connectivity index (χ2v) is 5.45. The van der Waals surface area contributed by atoms with Crippen molar-refractivity contribution in [3.8, 4) is 0 Å². The highest BCUT2D eigenvalue weighted by molar-refractivity contribution is 6.08. The van der Waals surface area contributed by atoms with Gasteiger partial charge in [-0.25, -0.2) is 0 Å². The van der Waals surface area contributed by atoms with Crippen molar-refractivity contribution in [2.45, 2.75) is 6.54 Å². The second kappa shape index (κ2) is 6.48. The molecule has 7 nitrogen and oxygen atoms in total. The molecule has 0 aliphatic carbocycles. The van der Waals surface area contributed by atoms with Crippen LogP contribution in [0.4, 0.5) is 11.4 Å². The topological polar surface area (TPSA) is 84.5 Å². The zero-order valence-electron chi connectivity index (χ0n) is 13.2. The molecule has 2 N–H and O–H groups in total. The normalized spacial score (nSPS) is 10.7. The predicted octanol–water partition coefficient (Wildman–Crippen LogP) is 3.19. The van der Waals surface area contributed by atoms with Crippen molar-refractivity contribution >= 4 is 22.9 Å². The lowest BCUT2D eigenvalue weighted by molar-refractivity contribution is 0.102. The summed E-state index contributed by atoms with van der Waals surface area (Å²) in [6, 6.07) is 14.6. The van der Waals surface area contributed by atoms with E-state index in [1.807, 2.05) is 30.3 Å². The predicted molar refractivity (Wildman–Crippen MR) is 93.4 cm³/mol. The first-order valence-electron chi connectivity index (χ1n) is 7.75. The molecule has 0 spiro atoms. The number of amides is 1. The van der Waals surface area contributed by atoms with Gasteiger partial charge in [-0.3, -0.25) is 9.20 Å². The van der Waals surface area contributed by atoms with E-state index in [-0.39, 0.29) is 5.91 Å². The number of aromatic nitrogens is 3. The van der Waals surface area contributed by atoms with E-state index in [1.165, 1.54) is 0 Å². The zero-order valence-corrected chi connectivity index (χ0v) is 13.2. The van der Waals surface area contributed by atoms with Crippen LogP contribution in [0, 0.1) is 0 Å². The Balaban J connectivity index is 1.52. The summed E-state index contributed by atoms with van der Waals surface area (Å²) in [6.07, 6.45) is 4.98. The lowest BCUT2D eigenvalue weighted by Gasteiger charge is -2.11. The lowest BCUT2D eigenvalue weighted by atomic mass is 10.1. The Hall–Kier alpha value is -3.61. The first-order chi connectivity index (χ1) is 12.3. The first-order valence-corrected chi connectivity index (χ1v) is 7.75. The van der Waals surface area contributed by atoms with Gasteiger partial charge in [0.05, 0.1) is 24.1 Å². The van der Waals surface area contributed by atoms with E-state index >= 15 is 0 Å². The molecule has 0 aliphatic heterocycles. The fraction of sp³-hybridized carbons (Fsp3) is 0.0556. The van der Waals surface area contributed by atoms with Crippen molar-refractivity contribution in [3.63, 3.8) is 0 Å². The van der Waals surface area contributed by atoms with Crippen LogP contribution in [0.5, 0.6) is 0 Å². The molecule has 0 saturated carbocycles. The van der Waals surface area contributed by atoms with Gasteiger partial charge < -0.3 is 15.1 Å². The highest BCUT2D eigenvalue weighted by Gasteiger charge is 2.12. The Morgan fingerprint density at radius 2 is 2.04 bits per heavy atom. The number of carbonyl (C=O) groups excluding carboxylic acids is 1. The molecule has 0 saturated heterocycles. The van der Waals surface area contributed by atoms with Crippen LogP contribution in [0.15, 0.2) is 71.7 Å². The number of para-hydroxylation sites is 1. The molecule has 0 atom stereocenters. The van der Waals surface area contributed by atoms with Crippen LogP contribution >= 0.6 is 0 Å². The zero-order chi connectivity index (χ0) is 17.1. The molecule has 124 valence electrons. The Morgan fingerprint density at radius 3 is 2.92 bits per heavy atom. The number of hydrogen-bond acceptors (Lipinski definition) is 5. The quantitative estimate of drug-likeness (QED) is 0.586. The van der Waals surface area contributed by atoms with Gasteiger partial charge in [-0.05, 0) is 36.4 Å². The van der Waals surface area contributed by atoms with Gasteiger partial charge in [0.1, 0.15) is 12.1 Å². The lowest BCUT2D eigenvalue weighted by Crippen LogP contribution is -2.15. The average molecular weight is 333 g/mol. The van der Waals surface area contributed by atoms with Crippen molar-refractivity contribution in [2.75, 3.05) is 10.6 Å². The second-order valence-electron chi connectivity index (χ2n) is 5.45. The van der Waals surface area contributed by atoms with Crippen LogP contribution < -0.4 is 10.6 Å². The molecule has 0 fully saturated rings. The van der Waals surface area contributed by atoms with E-state index in [4.69, 9.17) is 4.42 Å². The maximum absolute atomic E-state index is 12.7. The van der Waals surface area contributed by atoms with Gasteiger partial charge in [-0.15, -0.1) is 10.2 Å². The first kappa shape index (κ1) is 14.9. The number of carbonyl (C=O) groups is 1. The standard InChI is InChI=1S/C18H15N5O2/c24-18(21-13-7-8-17-22-20-12-23(17)11-13)15-5-1-2-6-16(15)19-10-14-4-3-9-25-14/h1-9,11-12,19H,10H2,(H,21,24). The van der Waals surface area contributed by atoms with Gasteiger partial charge in [0, 0.05) is 11.9 Å². The van der Waals surface area contributed by atoms with Gasteiger partial charge in [0.15, 0.2) is 5.65 Å². The summed E-state index contributed by atoms with van der Waals surface area (Å²) in [5, 5.41) is 13.9. The maximum atomic E-state index is 12.7. The van der Waals surface area contributed by atoms with Crippen LogP contribution in [-0.4, -0.2) is 20.5 Å². The molecule has 25 heavy (non-hydrogen) atoms. The largest absolute Gasteiger partial charge is 0.467 e. The Kier molecular flexibility index (Phi) is 3.88. The summed E-state index contributed by atoms with van der Waals surface area (Å²) < 4.78 is 7.05. The summed E-state index contributed by atoms with van der Waals surface area (Å²) >= 11 is 0. The third-order valence-corrected chi connectivity index (χ3v) is 3.75. The molecule has 3 heterocycles. The molecular formula is C18H15N5O2. The Labute approximate surface area is 143 Å². The van der Waals surface area contributed by atoms with E-state index in [9.17, 15) is 4.79 Å². The molecule has 3 aromatic heterocycles. The van der Waals surface area contributed by atoms with Gasteiger partial charge in [-0.2, -0.15) is 0 Å². The van der Waals surface area contributed by atoms with Crippen LogP contribution in [0.25, 0.3) is 5.65 Å². The van der Waals surface area contributed by atoms with E-state index in [0.29, 0.717) is 17.8 Å². The van der Waals surface area contributed by atoms with Gasteiger partial charge in [-0.1, -0.05) is 12.1 Å². The molecule has 0 aliphatic rings. The molecular weight excluding hydrogens is 318 g/mol. The SMILES string of the molecule is O=C(Nc1ccc2nncn2c1)c1ccccc1NCc1ccco1. The van der Waals surface area contributed by atoms with Crippen molar-refractivity contribution < 1.29 is 9.21 Å². The number of benzene rings is 1. The number of pyridine rings is 1. The van der Waals surface area contributed by atoms with Crippen LogP contribution in [0.1, 0.15) is 16.1 Å². The minimum atomic E-state index is -0.199. The summed E-state index contributed by atoms with van der Waals surface area (Å²) in [6.45, 7) is 0.504. The van der Waals surface area contributed by atoms with E-state index in [1.54, 1.807) is 41.4 Å². The molecule has 0 radical (unpaired) electrons. The van der Waals surface area contributed by atoms with E-state index in [0.717, 1.165) is 17.1 Å². The fourth-order valence-electron chi connectivity index (χ4n) is 2.53. The monoisotopic (exact) mass is 333 g/mol. The van der Waals surface area contributed by atoms with Gasteiger partial charge in [0.2, 0.25) is 0 Å². The van der Waals surface area contributed by atoms with Crippen LogP contribution in [0.3, 0.4) is 0 Å². The number of fused-ring (bicyclic) bond motifs is 1. The molecule has 4 aromatic rings. The molecule has 0 unspecified atom stereocenters. The molecule has 1 amide bonds. The third kappa shape index (κ3) is 3.20. The number of nitrogens with one attached hydrogen (secondary N) is 2. The highest BCUT2D eigenvalue weighted by Crippen LogP contribution is 2.19. The summed E-state index contributed by atoms with van der Waals surface area (Å²) in [5.74, 6) is 0.600. The number of hydrogen-bond donors (Lipinski definition) is 2. The van der Waals surface area contributed by atoms with Crippen LogP contribution in [-0.2, 0) is 6.54 Å². The smallest absolute Gasteiger partial charge is 0.257 e. The molecule has 4 rings (SSSR count). The van der Waals surface area contributed by atoms with E-state index < -0.39 is 0 Å². The van der Waals surface area contributed by atoms with E-state index in [2.05, 4.69) is 20.8 Å². The fourth-order valence-corrected chi connectivity index (χ4v) is 2.53. The number of rotatable bonds is 5. The highest BCUT2D eigenvalue weighted by atomic mass is 16.3. The molecule has 0 bridgehead atoms. The maximum Gasteiger partial charge on any atom is 0.257 e. The number of anilines is 2. The molecule has 7 heteroatoms.